The maximum absolute atomic E-state index is 14.0. The van der Waals surface area contributed by atoms with Gasteiger partial charge in [0.15, 0.2) is 0 Å². The van der Waals surface area contributed by atoms with Crippen LogP contribution in [0.3, 0.4) is 0 Å². The number of carboxylic acid groups (broad SMARTS) is 1. The predicted molar refractivity (Wildman–Crippen MR) is 162 cm³/mol. The van der Waals surface area contributed by atoms with E-state index in [9.17, 15) is 14.7 Å². The number of likely N-dealkylation sites (tertiary alicyclic amines) is 1. The minimum absolute atomic E-state index is 0.201. The third kappa shape index (κ3) is 5.38. The van der Waals surface area contributed by atoms with Crippen molar-refractivity contribution in [2.24, 2.45) is 7.05 Å². The molecule has 7 nitrogen and oxygen atoms in total. The van der Waals surface area contributed by atoms with Gasteiger partial charge in [-0.1, -0.05) is 29.3 Å². The normalized spacial score (nSPS) is 16.5. The molecule has 0 radical (unpaired) electrons. The Morgan fingerprint density at radius 1 is 1.10 bits per heavy atom. The number of allylic oxidation sites excluding steroid dienone is 1. The Bertz CT molecular complexity index is 1570. The number of nitrogens with zero attached hydrogens (tertiary/aromatic N) is 3. The number of fused-ring (bicyclic) bond motifs is 1. The lowest BCUT2D eigenvalue weighted by Crippen LogP contribution is -2.41. The number of aryl methyl sites for hydroxylation is 4. The number of carbonyl (C=O) groups excluding carboxylic acids is 1. The summed E-state index contributed by atoms with van der Waals surface area (Å²) in [6, 6.07) is 6.94. The van der Waals surface area contributed by atoms with Crippen molar-refractivity contribution in [2.75, 3.05) is 13.2 Å². The van der Waals surface area contributed by atoms with Gasteiger partial charge in [-0.25, -0.2) is 4.79 Å². The van der Waals surface area contributed by atoms with Crippen molar-refractivity contribution in [1.82, 2.24) is 14.7 Å². The largest absolute Gasteiger partial charge is 0.494 e. The second-order valence-corrected chi connectivity index (χ2v) is 11.9. The van der Waals surface area contributed by atoms with E-state index in [1.807, 2.05) is 63.7 Å². The van der Waals surface area contributed by atoms with Crippen molar-refractivity contribution < 1.29 is 19.4 Å². The summed E-state index contributed by atoms with van der Waals surface area (Å²) in [5.41, 5.74) is 9.22. The molecule has 9 heteroatoms. The number of rotatable bonds is 8. The van der Waals surface area contributed by atoms with Gasteiger partial charge in [-0.3, -0.25) is 9.48 Å². The van der Waals surface area contributed by atoms with Crippen LogP contribution in [0, 0.1) is 27.7 Å². The summed E-state index contributed by atoms with van der Waals surface area (Å²) >= 11 is 13.1. The van der Waals surface area contributed by atoms with Gasteiger partial charge in [0, 0.05) is 52.5 Å². The molecule has 0 saturated carbocycles. The van der Waals surface area contributed by atoms with Gasteiger partial charge in [0.25, 0.3) is 5.91 Å². The van der Waals surface area contributed by atoms with E-state index in [1.165, 1.54) is 4.90 Å². The highest BCUT2D eigenvalue weighted by atomic mass is 35.5. The first-order valence-corrected chi connectivity index (χ1v) is 14.7. The van der Waals surface area contributed by atoms with Crippen LogP contribution >= 0.6 is 23.2 Å². The van der Waals surface area contributed by atoms with Crippen LogP contribution in [0.2, 0.25) is 10.0 Å². The monoisotopic (exact) mass is 595 g/mol. The lowest BCUT2D eigenvalue weighted by atomic mass is 9.93. The van der Waals surface area contributed by atoms with Crippen LogP contribution in [0.5, 0.6) is 5.75 Å². The highest BCUT2D eigenvalue weighted by Gasteiger charge is 2.39. The zero-order chi connectivity index (χ0) is 29.6. The molecule has 2 heterocycles. The number of amides is 1. The molecule has 3 aromatic rings. The van der Waals surface area contributed by atoms with Crippen molar-refractivity contribution >= 4 is 40.7 Å². The Labute approximate surface area is 250 Å². The summed E-state index contributed by atoms with van der Waals surface area (Å²) in [5.74, 6) is -0.395. The average Bonchev–Trinajstić information content (AvgIpc) is 3.62. The van der Waals surface area contributed by atoms with E-state index in [2.05, 4.69) is 5.10 Å². The molecule has 41 heavy (non-hydrogen) atoms. The number of hydrogen-bond acceptors (Lipinski definition) is 4. The summed E-state index contributed by atoms with van der Waals surface area (Å²) in [5, 5.41) is 15.7. The van der Waals surface area contributed by atoms with Crippen molar-refractivity contribution in [3.63, 3.8) is 0 Å². The molecule has 0 bridgehead atoms. The van der Waals surface area contributed by atoms with E-state index < -0.39 is 12.0 Å². The van der Waals surface area contributed by atoms with Gasteiger partial charge in [0.05, 0.1) is 12.3 Å². The fraction of sp³-hybridized carbons (Fsp3) is 0.406. The SMILES string of the molecule is Cc1cc(OCCCC2=C(C(=O)N3CCC[C@H]3C(=O)O)Cc3c2ccc(Cl)c3-c2c(C)nn(C)c2C)cc(C)c1Cl. The molecular formula is C32H35Cl2N3O4. The molecule has 2 aromatic carbocycles. The molecule has 1 amide bonds. The van der Waals surface area contributed by atoms with Crippen LogP contribution in [0.1, 0.15) is 59.3 Å². The molecular weight excluding hydrogens is 561 g/mol. The molecule has 216 valence electrons. The van der Waals surface area contributed by atoms with Crippen LogP contribution < -0.4 is 4.74 Å². The second kappa shape index (κ2) is 11.5. The molecule has 2 aliphatic rings. The first kappa shape index (κ1) is 29.2. The third-order valence-corrected chi connectivity index (χ3v) is 9.28. The van der Waals surface area contributed by atoms with E-state index in [4.69, 9.17) is 27.9 Å². The van der Waals surface area contributed by atoms with E-state index in [1.54, 1.807) is 0 Å². The van der Waals surface area contributed by atoms with Crippen LogP contribution in [-0.4, -0.2) is 50.9 Å². The van der Waals surface area contributed by atoms with Crippen LogP contribution in [0.25, 0.3) is 16.7 Å². The Morgan fingerprint density at radius 3 is 2.44 bits per heavy atom. The first-order valence-electron chi connectivity index (χ1n) is 14.0. The fourth-order valence-corrected chi connectivity index (χ4v) is 6.68. The highest BCUT2D eigenvalue weighted by Crippen LogP contribution is 2.46. The Balaban J connectivity index is 1.49. The van der Waals surface area contributed by atoms with Crippen molar-refractivity contribution in [3.8, 4) is 16.9 Å². The Kier molecular flexibility index (Phi) is 8.22. The molecule has 0 spiro atoms. The molecule has 1 fully saturated rings. The summed E-state index contributed by atoms with van der Waals surface area (Å²) < 4.78 is 7.92. The topological polar surface area (TPSA) is 84.7 Å². The maximum Gasteiger partial charge on any atom is 0.326 e. The van der Waals surface area contributed by atoms with Gasteiger partial charge in [-0.15, -0.1) is 0 Å². The van der Waals surface area contributed by atoms with E-state index >= 15 is 0 Å². The number of ether oxygens (including phenoxy) is 1. The third-order valence-electron chi connectivity index (χ3n) is 8.37. The fourth-order valence-electron chi connectivity index (χ4n) is 6.30. The molecule has 1 atom stereocenters. The van der Waals surface area contributed by atoms with Crippen molar-refractivity contribution in [2.45, 2.75) is 65.8 Å². The van der Waals surface area contributed by atoms with Crippen molar-refractivity contribution in [1.29, 1.82) is 0 Å². The molecule has 5 rings (SSSR count). The summed E-state index contributed by atoms with van der Waals surface area (Å²) in [7, 11) is 1.91. The maximum atomic E-state index is 14.0. The molecule has 1 saturated heterocycles. The summed E-state index contributed by atoms with van der Waals surface area (Å²) in [6.07, 6.45) is 2.83. The smallest absolute Gasteiger partial charge is 0.326 e. The van der Waals surface area contributed by atoms with Crippen LogP contribution in [-0.2, 0) is 23.1 Å². The quantitative estimate of drug-likeness (QED) is 0.287. The number of benzene rings is 2. The zero-order valence-corrected chi connectivity index (χ0v) is 25.6. The number of carbonyl (C=O) groups is 2. The molecule has 1 aliphatic carbocycles. The van der Waals surface area contributed by atoms with Gasteiger partial charge < -0.3 is 14.7 Å². The van der Waals surface area contributed by atoms with Gasteiger partial charge in [0.1, 0.15) is 11.8 Å². The first-order chi connectivity index (χ1) is 19.5. The summed E-state index contributed by atoms with van der Waals surface area (Å²) in [4.78, 5) is 27.5. The molecule has 1 aliphatic heterocycles. The standard InChI is InChI=1S/C32H35Cl2N3O4/c1-17-14-21(15-18(2)30(17)34)41-13-7-8-22-23-10-11-26(33)29(28-19(3)35-36(5)20(28)4)24(23)16-25(22)31(38)37-12-6-9-27(37)32(39)40/h10-11,14-15,27H,6-9,12-13,16H2,1-5H3,(H,39,40)/t27-/m0/s1. The van der Waals surface area contributed by atoms with Gasteiger partial charge in [-0.2, -0.15) is 5.10 Å². The lowest BCUT2D eigenvalue weighted by Gasteiger charge is -2.23. The van der Waals surface area contributed by atoms with E-state index in [0.717, 1.165) is 61.1 Å². The zero-order valence-electron chi connectivity index (χ0n) is 24.1. The molecule has 1 N–H and O–H groups in total. The number of aromatic nitrogens is 2. The molecule has 1 aromatic heterocycles. The number of carboxylic acids is 1. The number of hydrogen-bond donors (Lipinski definition) is 1. The Morgan fingerprint density at radius 2 is 1.80 bits per heavy atom. The van der Waals surface area contributed by atoms with Gasteiger partial charge in [0.2, 0.25) is 0 Å². The minimum atomic E-state index is -0.958. The Hall–Kier alpha value is -3.29. The van der Waals surface area contributed by atoms with Gasteiger partial charge >= 0.3 is 5.97 Å². The van der Waals surface area contributed by atoms with Gasteiger partial charge in [-0.05, 0) is 99.4 Å². The predicted octanol–water partition coefficient (Wildman–Crippen LogP) is 6.87. The number of halogens is 2. The molecule has 0 unspecified atom stereocenters. The number of aliphatic carboxylic acids is 1. The second-order valence-electron chi connectivity index (χ2n) is 11.1. The highest BCUT2D eigenvalue weighted by molar-refractivity contribution is 6.34. The average molecular weight is 597 g/mol. The van der Waals surface area contributed by atoms with Crippen molar-refractivity contribution in [3.05, 3.63) is 73.5 Å². The van der Waals surface area contributed by atoms with Crippen LogP contribution in [0.4, 0.5) is 0 Å². The summed E-state index contributed by atoms with van der Waals surface area (Å²) in [6.45, 7) is 8.79. The lowest BCUT2D eigenvalue weighted by molar-refractivity contribution is -0.146. The van der Waals surface area contributed by atoms with Crippen LogP contribution in [0.15, 0.2) is 29.8 Å². The van der Waals surface area contributed by atoms with E-state index in [-0.39, 0.29) is 5.91 Å². The van der Waals surface area contributed by atoms with E-state index in [0.29, 0.717) is 55.9 Å². The minimum Gasteiger partial charge on any atom is -0.494 e.